The molecule has 0 bridgehead atoms. The van der Waals surface area contributed by atoms with E-state index in [2.05, 4.69) is 72.5 Å². The molecule has 1 heterocycles. The van der Waals surface area contributed by atoms with Gasteiger partial charge >= 0.3 is 0 Å². The molecule has 3 heteroatoms. The van der Waals surface area contributed by atoms with E-state index in [1.807, 2.05) is 6.08 Å². The molecule has 5 rings (SSSR count). The van der Waals surface area contributed by atoms with Gasteiger partial charge in [0.15, 0.2) is 0 Å². The monoisotopic (exact) mass is 415 g/mol. The summed E-state index contributed by atoms with van der Waals surface area (Å²) in [5.74, 6) is 1.76. The first-order valence-corrected chi connectivity index (χ1v) is 11.8. The van der Waals surface area contributed by atoms with Crippen LogP contribution in [0.5, 0.6) is 5.75 Å². The van der Waals surface area contributed by atoms with E-state index in [0.717, 1.165) is 38.1 Å². The SMILES string of the molecule is CCCN1CC(Oc2ccc(C3C4=C(CCC3c3ccccc3)CC(O)C=C4)cc2)C1. The maximum absolute atomic E-state index is 10.1. The molecule has 3 atom stereocenters. The predicted octanol–water partition coefficient (Wildman–Crippen LogP) is 5.44. The van der Waals surface area contributed by atoms with E-state index >= 15 is 0 Å². The van der Waals surface area contributed by atoms with Crippen LogP contribution in [-0.4, -0.2) is 41.8 Å². The van der Waals surface area contributed by atoms with Crippen molar-refractivity contribution in [1.82, 2.24) is 4.90 Å². The Hall–Kier alpha value is -2.36. The van der Waals surface area contributed by atoms with Crippen LogP contribution in [0.4, 0.5) is 0 Å². The van der Waals surface area contributed by atoms with Crippen LogP contribution in [-0.2, 0) is 0 Å². The molecule has 3 unspecified atom stereocenters. The largest absolute Gasteiger partial charge is 0.488 e. The molecule has 3 aliphatic rings. The Morgan fingerprint density at radius 1 is 1.00 bits per heavy atom. The minimum Gasteiger partial charge on any atom is -0.488 e. The Kier molecular flexibility index (Phi) is 5.97. The summed E-state index contributed by atoms with van der Waals surface area (Å²) in [6, 6.07) is 19.7. The van der Waals surface area contributed by atoms with Crippen LogP contribution in [0.3, 0.4) is 0 Å². The van der Waals surface area contributed by atoms with Crippen molar-refractivity contribution in [3.8, 4) is 5.75 Å². The average molecular weight is 416 g/mol. The summed E-state index contributed by atoms with van der Waals surface area (Å²) < 4.78 is 6.20. The second-order valence-corrected chi connectivity index (χ2v) is 9.29. The van der Waals surface area contributed by atoms with Crippen molar-refractivity contribution < 1.29 is 9.84 Å². The fourth-order valence-electron chi connectivity index (χ4n) is 5.57. The first-order chi connectivity index (χ1) is 15.2. The summed E-state index contributed by atoms with van der Waals surface area (Å²) in [7, 11) is 0. The Morgan fingerprint density at radius 2 is 1.77 bits per heavy atom. The van der Waals surface area contributed by atoms with Crippen LogP contribution in [0.25, 0.3) is 0 Å². The summed E-state index contributed by atoms with van der Waals surface area (Å²) in [6.45, 7) is 5.47. The smallest absolute Gasteiger partial charge is 0.124 e. The molecule has 1 fully saturated rings. The highest BCUT2D eigenvalue weighted by Gasteiger charge is 2.34. The molecule has 162 valence electrons. The van der Waals surface area contributed by atoms with Crippen LogP contribution >= 0.6 is 0 Å². The lowest BCUT2D eigenvalue weighted by Crippen LogP contribution is -2.53. The maximum atomic E-state index is 10.1. The second kappa shape index (κ2) is 9.02. The van der Waals surface area contributed by atoms with Gasteiger partial charge in [0.05, 0.1) is 6.10 Å². The highest BCUT2D eigenvalue weighted by Crippen LogP contribution is 2.49. The number of aliphatic hydroxyl groups excluding tert-OH is 1. The lowest BCUT2D eigenvalue weighted by atomic mass is 9.67. The minimum absolute atomic E-state index is 0.321. The van der Waals surface area contributed by atoms with Gasteiger partial charge in [0, 0.05) is 19.0 Å². The van der Waals surface area contributed by atoms with E-state index in [0.29, 0.717) is 17.9 Å². The van der Waals surface area contributed by atoms with E-state index < -0.39 is 0 Å². The molecule has 0 saturated carbocycles. The molecule has 0 amide bonds. The second-order valence-electron chi connectivity index (χ2n) is 9.29. The van der Waals surface area contributed by atoms with E-state index in [-0.39, 0.29) is 6.10 Å². The van der Waals surface area contributed by atoms with Crippen molar-refractivity contribution >= 4 is 0 Å². The highest BCUT2D eigenvalue weighted by molar-refractivity contribution is 5.48. The van der Waals surface area contributed by atoms with E-state index in [4.69, 9.17) is 4.74 Å². The van der Waals surface area contributed by atoms with Gasteiger partial charge in [-0.1, -0.05) is 67.1 Å². The lowest BCUT2D eigenvalue weighted by molar-refractivity contribution is 0.0202. The predicted molar refractivity (Wildman–Crippen MR) is 126 cm³/mol. The summed E-state index contributed by atoms with van der Waals surface area (Å²) in [5, 5.41) is 10.1. The van der Waals surface area contributed by atoms with Gasteiger partial charge in [-0.2, -0.15) is 0 Å². The van der Waals surface area contributed by atoms with Gasteiger partial charge in [-0.05, 0) is 67.0 Å². The molecule has 1 saturated heterocycles. The summed E-state index contributed by atoms with van der Waals surface area (Å²) in [5.41, 5.74) is 5.59. The van der Waals surface area contributed by atoms with Gasteiger partial charge < -0.3 is 9.84 Å². The van der Waals surface area contributed by atoms with E-state index in [1.54, 1.807) is 0 Å². The summed E-state index contributed by atoms with van der Waals surface area (Å²) in [4.78, 5) is 2.45. The van der Waals surface area contributed by atoms with Crippen molar-refractivity contribution in [1.29, 1.82) is 0 Å². The zero-order chi connectivity index (χ0) is 21.2. The van der Waals surface area contributed by atoms with Crippen LogP contribution < -0.4 is 4.74 Å². The van der Waals surface area contributed by atoms with Crippen LogP contribution in [0, 0.1) is 0 Å². The lowest BCUT2D eigenvalue weighted by Gasteiger charge is -2.39. The standard InChI is InChI=1S/C28H33NO2/c1-2-16-29-18-25(19-29)31-24-12-8-21(9-13-24)28-26(20-6-4-3-5-7-20)14-10-22-17-23(30)11-15-27(22)28/h3-9,11-13,15,23,25-26,28,30H,2,10,14,16-19H2,1H3. The van der Waals surface area contributed by atoms with Gasteiger partial charge in [-0.3, -0.25) is 4.90 Å². The van der Waals surface area contributed by atoms with Gasteiger partial charge in [0.1, 0.15) is 11.9 Å². The van der Waals surface area contributed by atoms with Crippen molar-refractivity contribution in [2.24, 2.45) is 0 Å². The number of aliphatic hydroxyl groups is 1. The molecule has 2 aliphatic carbocycles. The van der Waals surface area contributed by atoms with Crippen LogP contribution in [0.15, 0.2) is 77.9 Å². The number of rotatable bonds is 6. The third-order valence-corrected chi connectivity index (χ3v) is 7.09. The van der Waals surface area contributed by atoms with E-state index in [1.165, 1.54) is 35.2 Å². The Bertz CT molecular complexity index is 941. The fourth-order valence-corrected chi connectivity index (χ4v) is 5.57. The zero-order valence-electron chi connectivity index (χ0n) is 18.4. The molecule has 3 nitrogen and oxygen atoms in total. The molecular formula is C28H33NO2. The highest BCUT2D eigenvalue weighted by atomic mass is 16.5. The van der Waals surface area contributed by atoms with Crippen LogP contribution in [0.1, 0.15) is 55.6 Å². The third kappa shape index (κ3) is 4.35. The molecule has 31 heavy (non-hydrogen) atoms. The fraction of sp³-hybridized carbons (Fsp3) is 0.429. The van der Waals surface area contributed by atoms with Crippen molar-refractivity contribution in [3.05, 3.63) is 89.0 Å². The Morgan fingerprint density at radius 3 is 2.52 bits per heavy atom. The Labute approximate surface area is 186 Å². The molecular weight excluding hydrogens is 382 g/mol. The minimum atomic E-state index is -0.335. The van der Waals surface area contributed by atoms with Crippen molar-refractivity contribution in [2.45, 2.75) is 56.7 Å². The zero-order valence-corrected chi connectivity index (χ0v) is 18.4. The number of likely N-dealkylation sites (tertiary alicyclic amines) is 1. The molecule has 1 aliphatic heterocycles. The number of ether oxygens (including phenoxy) is 1. The quantitative estimate of drug-likeness (QED) is 0.682. The molecule has 0 spiro atoms. The van der Waals surface area contributed by atoms with Crippen molar-refractivity contribution in [2.75, 3.05) is 19.6 Å². The third-order valence-electron chi connectivity index (χ3n) is 7.09. The summed E-state index contributed by atoms with van der Waals surface area (Å²) >= 11 is 0. The molecule has 2 aromatic carbocycles. The number of nitrogens with zero attached hydrogens (tertiary/aromatic N) is 1. The van der Waals surface area contributed by atoms with Gasteiger partial charge in [0.2, 0.25) is 0 Å². The Balaban J connectivity index is 1.38. The van der Waals surface area contributed by atoms with E-state index in [9.17, 15) is 5.11 Å². The number of benzene rings is 2. The first-order valence-electron chi connectivity index (χ1n) is 11.8. The summed E-state index contributed by atoms with van der Waals surface area (Å²) in [6.07, 6.45) is 8.32. The van der Waals surface area contributed by atoms with Gasteiger partial charge in [0.25, 0.3) is 0 Å². The van der Waals surface area contributed by atoms with Crippen molar-refractivity contribution in [3.63, 3.8) is 0 Å². The molecule has 2 aromatic rings. The van der Waals surface area contributed by atoms with Gasteiger partial charge in [-0.15, -0.1) is 0 Å². The van der Waals surface area contributed by atoms with Crippen LogP contribution in [0.2, 0.25) is 0 Å². The topological polar surface area (TPSA) is 32.7 Å². The van der Waals surface area contributed by atoms with Gasteiger partial charge in [-0.25, -0.2) is 0 Å². The maximum Gasteiger partial charge on any atom is 0.124 e. The molecule has 1 N–H and O–H groups in total. The number of hydrogen-bond donors (Lipinski definition) is 1. The number of allylic oxidation sites excluding steroid dienone is 2. The first kappa shape index (κ1) is 20.5. The molecule has 0 radical (unpaired) electrons. The molecule has 0 aromatic heterocycles. The number of hydrogen-bond acceptors (Lipinski definition) is 3. The average Bonchev–Trinajstić information content (AvgIpc) is 2.78. The normalized spacial score (nSPS) is 26.5.